The third-order valence-corrected chi connectivity index (χ3v) is 6.54. The van der Waals surface area contributed by atoms with E-state index in [1.807, 2.05) is 17.0 Å². The minimum absolute atomic E-state index is 0.0238. The summed E-state index contributed by atoms with van der Waals surface area (Å²) in [5.74, 6) is 0.873. The van der Waals surface area contributed by atoms with Gasteiger partial charge in [0.1, 0.15) is 5.75 Å². The highest BCUT2D eigenvalue weighted by Gasteiger charge is 2.28. The second kappa shape index (κ2) is 8.95. The van der Waals surface area contributed by atoms with Crippen molar-refractivity contribution in [3.8, 4) is 5.75 Å². The van der Waals surface area contributed by atoms with Gasteiger partial charge in [0.15, 0.2) is 6.29 Å². The lowest BCUT2D eigenvalue weighted by Gasteiger charge is -2.32. The molecule has 0 bridgehead atoms. The van der Waals surface area contributed by atoms with Gasteiger partial charge in [-0.1, -0.05) is 37.1 Å². The Morgan fingerprint density at radius 3 is 2.62 bits per heavy atom. The molecule has 0 spiro atoms. The first-order chi connectivity index (χ1) is 14.2. The molecule has 4 rings (SSSR count). The van der Waals surface area contributed by atoms with E-state index in [1.165, 1.54) is 5.56 Å². The molecule has 1 N–H and O–H groups in total. The van der Waals surface area contributed by atoms with Gasteiger partial charge in [0.05, 0.1) is 18.8 Å². The largest absolute Gasteiger partial charge is 0.507 e. The number of hydrogen-bond acceptors (Lipinski definition) is 4. The Hall–Kier alpha value is -2.40. The quantitative estimate of drug-likeness (QED) is 0.788. The number of fused-ring (bicyclic) bond motifs is 1. The second-order valence-electron chi connectivity index (χ2n) is 8.29. The molecule has 2 atom stereocenters. The summed E-state index contributed by atoms with van der Waals surface area (Å²) in [7, 11) is 0. The maximum absolute atomic E-state index is 13.0. The third kappa shape index (κ3) is 4.30. The molecule has 5 heteroatoms. The summed E-state index contributed by atoms with van der Waals surface area (Å²) in [6.07, 6.45) is 6.98. The Kier molecular flexibility index (Phi) is 6.14. The number of benzene rings is 2. The summed E-state index contributed by atoms with van der Waals surface area (Å²) < 4.78 is 5.38. The van der Waals surface area contributed by atoms with E-state index in [0.717, 1.165) is 68.7 Å². The molecule has 1 saturated carbocycles. The number of aromatic hydroxyl groups is 1. The van der Waals surface area contributed by atoms with Gasteiger partial charge >= 0.3 is 0 Å². The minimum Gasteiger partial charge on any atom is -0.507 e. The zero-order valence-corrected chi connectivity index (χ0v) is 16.8. The van der Waals surface area contributed by atoms with Crippen LogP contribution in [0.25, 0.3) is 10.8 Å². The smallest absolute Gasteiger partial charge is 0.225 e. The highest BCUT2D eigenvalue weighted by atomic mass is 16.5. The first kappa shape index (κ1) is 19.9. The summed E-state index contributed by atoms with van der Waals surface area (Å²) in [4.78, 5) is 26.3. The maximum Gasteiger partial charge on any atom is 0.225 e. The van der Waals surface area contributed by atoms with Gasteiger partial charge in [-0.3, -0.25) is 9.59 Å². The molecule has 5 nitrogen and oxygen atoms in total. The Bertz CT molecular complexity index is 888. The molecular weight excluding hydrogens is 366 g/mol. The molecule has 1 aliphatic heterocycles. The van der Waals surface area contributed by atoms with Crippen LogP contribution in [-0.2, 0) is 9.53 Å². The first-order valence-corrected chi connectivity index (χ1v) is 10.7. The Balaban J connectivity index is 1.50. The number of aldehydes is 1. The van der Waals surface area contributed by atoms with Crippen molar-refractivity contribution in [1.29, 1.82) is 0 Å². The highest BCUT2D eigenvalue weighted by molar-refractivity contribution is 6.00. The van der Waals surface area contributed by atoms with E-state index in [1.54, 1.807) is 6.07 Å². The number of amides is 1. The van der Waals surface area contributed by atoms with Crippen molar-refractivity contribution in [2.75, 3.05) is 26.3 Å². The van der Waals surface area contributed by atoms with Crippen LogP contribution in [-0.4, -0.2) is 48.5 Å². The lowest BCUT2D eigenvalue weighted by molar-refractivity contribution is -0.140. The van der Waals surface area contributed by atoms with E-state index in [9.17, 15) is 14.7 Å². The molecule has 1 heterocycles. The number of carbonyl (C=O) groups excluding carboxylic acids is 2. The van der Waals surface area contributed by atoms with Crippen LogP contribution in [0.4, 0.5) is 0 Å². The van der Waals surface area contributed by atoms with Gasteiger partial charge in [-0.05, 0) is 54.0 Å². The average molecular weight is 395 g/mol. The van der Waals surface area contributed by atoms with E-state index < -0.39 is 0 Å². The van der Waals surface area contributed by atoms with Crippen molar-refractivity contribution in [3.05, 3.63) is 41.5 Å². The first-order valence-electron chi connectivity index (χ1n) is 10.7. The van der Waals surface area contributed by atoms with Crippen molar-refractivity contribution in [3.63, 3.8) is 0 Å². The maximum atomic E-state index is 13.0. The van der Waals surface area contributed by atoms with E-state index in [0.29, 0.717) is 30.6 Å². The lowest BCUT2D eigenvalue weighted by atomic mass is 9.81. The summed E-state index contributed by atoms with van der Waals surface area (Å²) in [6.45, 7) is 2.73. The normalized spacial score (nSPS) is 23.4. The molecule has 29 heavy (non-hydrogen) atoms. The molecule has 1 amide bonds. The van der Waals surface area contributed by atoms with Gasteiger partial charge in [-0.25, -0.2) is 0 Å². The van der Waals surface area contributed by atoms with Gasteiger partial charge < -0.3 is 14.7 Å². The summed E-state index contributed by atoms with van der Waals surface area (Å²) in [5, 5.41) is 11.7. The summed E-state index contributed by atoms with van der Waals surface area (Å²) in [6, 6.07) is 9.63. The standard InChI is InChI=1S/C24H29NO4/c26-16-22-21-9-7-19(15-20(21)8-10-23(22)27)17-3-1-2-4-18(6-5-17)24(28)25-11-13-29-14-12-25/h7-10,15-18,27H,1-6,11-14H2. The molecule has 2 aromatic carbocycles. The molecule has 2 aliphatic rings. The van der Waals surface area contributed by atoms with Crippen LogP contribution >= 0.6 is 0 Å². The van der Waals surface area contributed by atoms with Gasteiger partial charge in [0, 0.05) is 19.0 Å². The lowest BCUT2D eigenvalue weighted by Crippen LogP contribution is -2.44. The topological polar surface area (TPSA) is 66.8 Å². The van der Waals surface area contributed by atoms with Crippen molar-refractivity contribution in [2.45, 2.75) is 44.4 Å². The van der Waals surface area contributed by atoms with Gasteiger partial charge in [0.2, 0.25) is 5.91 Å². The molecule has 0 aromatic heterocycles. The molecular formula is C24H29NO4. The summed E-state index contributed by atoms with van der Waals surface area (Å²) >= 11 is 0. The summed E-state index contributed by atoms with van der Waals surface area (Å²) in [5.41, 5.74) is 1.61. The molecule has 154 valence electrons. The SMILES string of the molecule is O=Cc1c(O)ccc2cc(C3CCCCC(C(=O)N4CCOCC4)CC3)ccc12. The van der Waals surface area contributed by atoms with Crippen LogP contribution in [0.5, 0.6) is 5.75 Å². The fraction of sp³-hybridized carbons (Fsp3) is 0.500. The average Bonchev–Trinajstić information content (AvgIpc) is 2.74. The second-order valence-corrected chi connectivity index (χ2v) is 8.29. The number of phenols is 1. The van der Waals surface area contributed by atoms with E-state index in [2.05, 4.69) is 12.1 Å². The third-order valence-electron chi connectivity index (χ3n) is 6.54. The number of hydrogen-bond donors (Lipinski definition) is 1. The fourth-order valence-corrected chi connectivity index (χ4v) is 4.83. The van der Waals surface area contributed by atoms with Crippen LogP contribution in [0.3, 0.4) is 0 Å². The predicted octanol–water partition coefficient (Wildman–Crippen LogP) is 4.27. The van der Waals surface area contributed by atoms with E-state index >= 15 is 0 Å². The van der Waals surface area contributed by atoms with E-state index in [-0.39, 0.29) is 11.7 Å². The molecule has 2 fully saturated rings. The molecule has 0 radical (unpaired) electrons. The Morgan fingerprint density at radius 1 is 1.03 bits per heavy atom. The van der Waals surface area contributed by atoms with Crippen molar-refractivity contribution in [2.24, 2.45) is 5.92 Å². The number of morpholine rings is 1. The van der Waals surface area contributed by atoms with Gasteiger partial charge in [-0.2, -0.15) is 0 Å². The van der Waals surface area contributed by atoms with Crippen molar-refractivity contribution in [1.82, 2.24) is 4.90 Å². The fourth-order valence-electron chi connectivity index (χ4n) is 4.83. The number of nitrogens with zero attached hydrogens (tertiary/aromatic N) is 1. The number of carbonyl (C=O) groups is 2. The monoisotopic (exact) mass is 395 g/mol. The molecule has 1 saturated heterocycles. The molecule has 1 aliphatic carbocycles. The molecule has 2 aromatic rings. The van der Waals surface area contributed by atoms with Crippen LogP contribution in [0.2, 0.25) is 0 Å². The van der Waals surface area contributed by atoms with Gasteiger partial charge in [0.25, 0.3) is 0 Å². The van der Waals surface area contributed by atoms with Crippen molar-refractivity contribution >= 4 is 23.0 Å². The Morgan fingerprint density at radius 2 is 1.83 bits per heavy atom. The zero-order chi connectivity index (χ0) is 20.2. The van der Waals surface area contributed by atoms with Crippen LogP contribution < -0.4 is 0 Å². The number of phenolic OH excluding ortho intramolecular Hbond substituents is 1. The Labute approximate surface area is 171 Å². The number of rotatable bonds is 3. The molecule has 2 unspecified atom stereocenters. The van der Waals surface area contributed by atoms with Crippen LogP contribution in [0.1, 0.15) is 60.4 Å². The van der Waals surface area contributed by atoms with E-state index in [4.69, 9.17) is 4.74 Å². The zero-order valence-electron chi connectivity index (χ0n) is 16.8. The minimum atomic E-state index is 0.0238. The van der Waals surface area contributed by atoms with Crippen LogP contribution in [0.15, 0.2) is 30.3 Å². The van der Waals surface area contributed by atoms with Crippen molar-refractivity contribution < 1.29 is 19.4 Å². The van der Waals surface area contributed by atoms with Gasteiger partial charge in [-0.15, -0.1) is 0 Å². The van der Waals surface area contributed by atoms with Crippen LogP contribution in [0, 0.1) is 5.92 Å². The number of ether oxygens (including phenoxy) is 1. The highest BCUT2D eigenvalue weighted by Crippen LogP contribution is 2.36. The predicted molar refractivity (Wildman–Crippen MR) is 112 cm³/mol.